The zero-order chi connectivity index (χ0) is 20.7. The van der Waals surface area contributed by atoms with Crippen LogP contribution in [0, 0.1) is 23.5 Å². The van der Waals surface area contributed by atoms with Crippen molar-refractivity contribution in [1.82, 2.24) is 5.32 Å². The summed E-state index contributed by atoms with van der Waals surface area (Å²) < 4.78 is 35.2. The number of methoxy groups -OCH3 is 2. The van der Waals surface area contributed by atoms with Gasteiger partial charge in [0.05, 0.1) is 20.6 Å². The molecule has 0 aliphatic carbocycles. The third-order valence-electron chi connectivity index (χ3n) is 3.93. The van der Waals surface area contributed by atoms with Crippen LogP contribution in [0.4, 0.5) is 8.78 Å². The number of primary amides is 1. The highest BCUT2D eigenvalue weighted by atomic mass is 19.2. The molecule has 8 nitrogen and oxygen atoms in total. The molecule has 1 aromatic carbocycles. The third-order valence-corrected chi connectivity index (χ3v) is 3.93. The van der Waals surface area contributed by atoms with E-state index in [1.165, 1.54) is 13.0 Å². The maximum absolute atomic E-state index is 13.2. The highest BCUT2D eigenvalue weighted by Crippen LogP contribution is 2.20. The molecule has 0 fully saturated rings. The Bertz CT molecular complexity index is 724. The van der Waals surface area contributed by atoms with Crippen LogP contribution in [0.15, 0.2) is 18.2 Å². The maximum Gasteiger partial charge on any atom is 0.320 e. The Morgan fingerprint density at radius 1 is 1.07 bits per heavy atom. The number of carbonyl (C=O) groups excluding carboxylic acids is 4. The number of carbonyl (C=O) groups is 4. The van der Waals surface area contributed by atoms with Gasteiger partial charge in [-0.1, -0.05) is 13.0 Å². The molecular formula is C17H20F2N2O6. The van der Waals surface area contributed by atoms with Gasteiger partial charge >= 0.3 is 11.9 Å². The van der Waals surface area contributed by atoms with E-state index in [1.807, 2.05) is 0 Å². The van der Waals surface area contributed by atoms with Crippen LogP contribution in [0.2, 0.25) is 0 Å². The molecule has 3 N–H and O–H groups in total. The van der Waals surface area contributed by atoms with Crippen LogP contribution in [0.1, 0.15) is 12.5 Å². The quantitative estimate of drug-likeness (QED) is 0.481. The smallest absolute Gasteiger partial charge is 0.320 e. The number of hydrogen-bond donors (Lipinski definition) is 2. The van der Waals surface area contributed by atoms with E-state index in [1.54, 1.807) is 0 Å². The average Bonchev–Trinajstić information content (AvgIpc) is 2.62. The summed E-state index contributed by atoms with van der Waals surface area (Å²) in [5.74, 6) is -8.45. The van der Waals surface area contributed by atoms with Crippen LogP contribution in [-0.2, 0) is 35.1 Å². The van der Waals surface area contributed by atoms with Crippen molar-refractivity contribution in [3.8, 4) is 0 Å². The summed E-state index contributed by atoms with van der Waals surface area (Å²) in [4.78, 5) is 47.6. The van der Waals surface area contributed by atoms with E-state index in [4.69, 9.17) is 5.73 Å². The van der Waals surface area contributed by atoms with Crippen molar-refractivity contribution in [3.63, 3.8) is 0 Å². The average molecular weight is 386 g/mol. The van der Waals surface area contributed by atoms with E-state index in [2.05, 4.69) is 14.8 Å². The summed E-state index contributed by atoms with van der Waals surface area (Å²) in [7, 11) is 2.10. The monoisotopic (exact) mass is 386 g/mol. The zero-order valence-corrected chi connectivity index (χ0v) is 15.0. The van der Waals surface area contributed by atoms with Crippen LogP contribution in [0.5, 0.6) is 0 Å². The first-order valence-corrected chi connectivity index (χ1v) is 7.80. The summed E-state index contributed by atoms with van der Waals surface area (Å²) >= 11 is 0. The van der Waals surface area contributed by atoms with Gasteiger partial charge in [-0.15, -0.1) is 0 Å². The molecule has 0 saturated heterocycles. The molecule has 0 radical (unpaired) electrons. The Labute approximate surface area is 154 Å². The van der Waals surface area contributed by atoms with E-state index in [0.29, 0.717) is 0 Å². The normalized spacial score (nSPS) is 12.8. The Hall–Kier alpha value is -3.04. The predicted molar refractivity (Wildman–Crippen MR) is 87.9 cm³/mol. The Morgan fingerprint density at radius 2 is 1.63 bits per heavy atom. The lowest BCUT2D eigenvalue weighted by Crippen LogP contribution is -2.53. The molecule has 0 aromatic heterocycles. The van der Waals surface area contributed by atoms with Crippen LogP contribution < -0.4 is 11.1 Å². The van der Waals surface area contributed by atoms with Crippen molar-refractivity contribution >= 4 is 23.8 Å². The molecule has 2 amide bonds. The van der Waals surface area contributed by atoms with Crippen molar-refractivity contribution in [1.29, 1.82) is 0 Å². The molecule has 0 unspecified atom stereocenters. The van der Waals surface area contributed by atoms with E-state index in [9.17, 15) is 28.0 Å². The summed E-state index contributed by atoms with van der Waals surface area (Å²) in [6.45, 7) is 1.34. The van der Waals surface area contributed by atoms with Gasteiger partial charge in [0.2, 0.25) is 11.8 Å². The fraction of sp³-hybridized carbons (Fsp3) is 0.412. The molecule has 0 aliphatic heterocycles. The minimum atomic E-state index is -1.50. The molecule has 1 aromatic rings. The van der Waals surface area contributed by atoms with Crippen LogP contribution >= 0.6 is 0 Å². The summed E-state index contributed by atoms with van der Waals surface area (Å²) in [6, 6.07) is 1.48. The summed E-state index contributed by atoms with van der Waals surface area (Å²) in [5.41, 5.74) is 5.43. The zero-order valence-electron chi connectivity index (χ0n) is 15.0. The van der Waals surface area contributed by atoms with Crippen LogP contribution in [0.3, 0.4) is 0 Å². The van der Waals surface area contributed by atoms with Crippen molar-refractivity contribution in [2.75, 3.05) is 14.2 Å². The molecule has 1 rings (SSSR count). The number of esters is 2. The number of benzene rings is 1. The van der Waals surface area contributed by atoms with Gasteiger partial charge in [0.15, 0.2) is 17.6 Å². The largest absolute Gasteiger partial charge is 0.468 e. The maximum atomic E-state index is 13.2. The van der Waals surface area contributed by atoms with Gasteiger partial charge < -0.3 is 20.5 Å². The van der Waals surface area contributed by atoms with Gasteiger partial charge in [-0.05, 0) is 17.7 Å². The van der Waals surface area contributed by atoms with Crippen molar-refractivity contribution in [3.05, 3.63) is 35.4 Å². The van der Waals surface area contributed by atoms with Gasteiger partial charge in [0.1, 0.15) is 6.04 Å². The standard InChI is InChI=1S/C17H20F2N2O6/c1-8(13(16(24)26-2)17(25)27-3)14(15(20)23)21-12(22)7-9-4-5-10(18)11(19)6-9/h4-6,8,13-14H,7H2,1-3H3,(H2,20,23)(H,21,22)/t8-,14-/m0/s1. The van der Waals surface area contributed by atoms with Gasteiger partial charge in [-0.25, -0.2) is 8.78 Å². The second kappa shape index (κ2) is 9.60. The highest BCUT2D eigenvalue weighted by molar-refractivity contribution is 5.97. The molecule has 10 heteroatoms. The fourth-order valence-electron chi connectivity index (χ4n) is 2.49. The summed E-state index contributed by atoms with van der Waals surface area (Å²) in [5, 5.41) is 2.29. The number of ether oxygens (including phenoxy) is 2. The number of rotatable bonds is 8. The van der Waals surface area contributed by atoms with Gasteiger partial charge in [0, 0.05) is 5.92 Å². The molecule has 148 valence electrons. The Kier molecular flexibility index (Phi) is 7.82. The van der Waals surface area contributed by atoms with Gasteiger partial charge in [0.25, 0.3) is 0 Å². The van der Waals surface area contributed by atoms with Gasteiger partial charge in [-0.2, -0.15) is 0 Å². The number of nitrogens with two attached hydrogens (primary N) is 1. The fourth-order valence-corrected chi connectivity index (χ4v) is 2.49. The number of nitrogens with one attached hydrogen (secondary N) is 1. The summed E-state index contributed by atoms with van der Waals surface area (Å²) in [6.07, 6.45) is -0.380. The van der Waals surface area contributed by atoms with Crippen molar-refractivity contribution in [2.45, 2.75) is 19.4 Å². The number of halogens is 2. The van der Waals surface area contributed by atoms with E-state index >= 15 is 0 Å². The SMILES string of the molecule is COC(=O)C(C(=O)OC)[C@H](C)[C@H](NC(=O)Cc1ccc(F)c(F)c1)C(N)=O. The van der Waals surface area contributed by atoms with Crippen LogP contribution in [0.25, 0.3) is 0 Å². The van der Waals surface area contributed by atoms with Crippen molar-refractivity contribution in [2.24, 2.45) is 17.6 Å². The second-order valence-corrected chi connectivity index (χ2v) is 5.76. The van der Waals surface area contributed by atoms with Crippen molar-refractivity contribution < 1.29 is 37.4 Å². The van der Waals surface area contributed by atoms with Gasteiger partial charge in [-0.3, -0.25) is 19.2 Å². The molecule has 27 heavy (non-hydrogen) atoms. The lowest BCUT2D eigenvalue weighted by Gasteiger charge is -2.26. The Balaban J connectivity index is 2.97. The van der Waals surface area contributed by atoms with E-state index < -0.39 is 53.3 Å². The second-order valence-electron chi connectivity index (χ2n) is 5.76. The first-order valence-electron chi connectivity index (χ1n) is 7.80. The minimum absolute atomic E-state index is 0.153. The molecule has 0 bridgehead atoms. The number of hydrogen-bond acceptors (Lipinski definition) is 6. The first-order chi connectivity index (χ1) is 12.6. The molecular weight excluding hydrogens is 366 g/mol. The van der Waals surface area contributed by atoms with Crippen LogP contribution in [-0.4, -0.2) is 44.0 Å². The predicted octanol–water partition coefficient (Wildman–Crippen LogP) is 0.0757. The number of amides is 2. The highest BCUT2D eigenvalue weighted by Gasteiger charge is 2.41. The molecule has 2 atom stereocenters. The molecule has 0 spiro atoms. The minimum Gasteiger partial charge on any atom is -0.468 e. The first kappa shape index (κ1) is 22.0. The lowest BCUT2D eigenvalue weighted by molar-refractivity contribution is -0.162. The van der Waals surface area contributed by atoms with E-state index in [0.717, 1.165) is 26.4 Å². The third kappa shape index (κ3) is 5.73. The Morgan fingerprint density at radius 3 is 2.07 bits per heavy atom. The molecule has 0 aliphatic rings. The topological polar surface area (TPSA) is 125 Å². The lowest BCUT2D eigenvalue weighted by atomic mass is 9.86. The molecule has 0 saturated carbocycles. The van der Waals surface area contributed by atoms with E-state index in [-0.39, 0.29) is 12.0 Å². The molecule has 0 heterocycles.